The summed E-state index contributed by atoms with van der Waals surface area (Å²) in [6.45, 7) is 2.33. The van der Waals surface area contributed by atoms with E-state index in [1.165, 1.54) is 0 Å². The Labute approximate surface area is 69.4 Å². The lowest BCUT2D eigenvalue weighted by Crippen LogP contribution is -2.04. The van der Waals surface area contributed by atoms with Crippen molar-refractivity contribution < 1.29 is 4.74 Å². The Hall–Kier alpha value is 0.447. The number of hydrogen-bond donors (Lipinski definition) is 0. The largest absolute Gasteiger partial charge is 0.447 e. The van der Waals surface area contributed by atoms with Crippen LogP contribution >= 0.6 is 33.2 Å². The third-order valence-electron chi connectivity index (χ3n) is 0.409. The van der Waals surface area contributed by atoms with E-state index in [9.17, 15) is 0 Å². The summed E-state index contributed by atoms with van der Waals surface area (Å²) in [5.41, 5.74) is 2.39. The molecule has 9 heavy (non-hydrogen) atoms. The van der Waals surface area contributed by atoms with Gasteiger partial charge in [-0.05, 0) is 12.5 Å². The summed E-state index contributed by atoms with van der Waals surface area (Å²) in [5, 5.41) is 0. The summed E-state index contributed by atoms with van der Waals surface area (Å²) < 4.78 is 4.63. The topological polar surface area (TPSA) is 9.23 Å². The van der Waals surface area contributed by atoms with Crippen molar-refractivity contribution in [2.75, 3.05) is 6.61 Å². The molecule has 0 aliphatic heterocycles. The summed E-state index contributed by atoms with van der Waals surface area (Å²) in [6.07, 6.45) is 2.29. The maximum atomic E-state index is 5.39. The van der Waals surface area contributed by atoms with Crippen LogP contribution in [0.25, 0.3) is 0 Å². The highest BCUT2D eigenvalue weighted by Gasteiger charge is 2.21. The summed E-state index contributed by atoms with van der Waals surface area (Å²) in [7, 11) is 0. The molecule has 0 aromatic heterocycles. The fraction of sp³-hybridized carbons (Fsp3) is 0.500. The van der Waals surface area contributed by atoms with Crippen LogP contribution in [0.4, 0.5) is 0 Å². The first kappa shape index (κ1) is 9.45. The smallest absolute Gasteiger partial charge is 0.425 e. The average molecular weight is 204 g/mol. The average Bonchev–Trinajstić information content (AvgIpc) is 1.63. The first-order valence-electron chi connectivity index (χ1n) is 2.27. The Bertz CT molecular complexity index is 131. The molecule has 0 radical (unpaired) electrons. The molecule has 52 valence electrons. The fourth-order valence-electron chi connectivity index (χ4n) is 0.166. The van der Waals surface area contributed by atoms with Crippen molar-refractivity contribution >= 4 is 39.2 Å². The number of rotatable bonds is 1. The van der Waals surface area contributed by atoms with Crippen LogP contribution in [0.3, 0.4) is 0 Å². The maximum absolute atomic E-state index is 5.39. The molecule has 0 aliphatic rings. The van der Waals surface area contributed by atoms with Gasteiger partial charge in [0.05, 0.1) is 6.61 Å². The Morgan fingerprint density at radius 1 is 1.44 bits per heavy atom. The van der Waals surface area contributed by atoms with E-state index in [4.69, 9.17) is 33.2 Å². The Balaban J connectivity index is 3.59. The van der Waals surface area contributed by atoms with Crippen LogP contribution in [0.2, 0.25) is 0 Å². The second-order valence-corrected chi connectivity index (χ2v) is 9.25. The van der Waals surface area contributed by atoms with Crippen LogP contribution in [0.15, 0.2) is 0 Å². The minimum Gasteiger partial charge on any atom is -0.447 e. The second-order valence-electron chi connectivity index (χ2n) is 1.16. The molecule has 5 heteroatoms. The normalized spacial score (nSPS) is 9.78. The summed E-state index contributed by atoms with van der Waals surface area (Å²) in [4.78, 5) is 0. The van der Waals surface area contributed by atoms with Gasteiger partial charge >= 0.3 is 6.00 Å². The molecule has 0 unspecified atom stereocenters. The van der Waals surface area contributed by atoms with E-state index in [-0.39, 0.29) is 0 Å². The molecule has 0 heterocycles. The summed E-state index contributed by atoms with van der Waals surface area (Å²) in [6, 6.07) is -2.76. The van der Waals surface area contributed by atoms with Gasteiger partial charge in [0.25, 0.3) is 0 Å². The van der Waals surface area contributed by atoms with Crippen molar-refractivity contribution in [2.24, 2.45) is 0 Å². The minimum absolute atomic E-state index is 0.516. The van der Waals surface area contributed by atoms with E-state index in [2.05, 4.69) is 16.4 Å². The SMILES string of the molecule is CCOC#C[Si](Cl)(Cl)Cl. The van der Waals surface area contributed by atoms with E-state index in [0.29, 0.717) is 6.61 Å². The molecule has 0 amide bonds. The van der Waals surface area contributed by atoms with Gasteiger partial charge in [0, 0.05) is 0 Å². The van der Waals surface area contributed by atoms with Crippen LogP contribution in [-0.4, -0.2) is 12.6 Å². The third-order valence-corrected chi connectivity index (χ3v) is 1.65. The standard InChI is InChI=1S/C4H5Cl3OSi/c1-2-8-3-4-9(5,6)7/h2H2,1H3. The van der Waals surface area contributed by atoms with Gasteiger partial charge in [-0.15, -0.1) is 33.2 Å². The van der Waals surface area contributed by atoms with E-state index >= 15 is 0 Å². The molecule has 0 atom stereocenters. The number of halogens is 3. The molecule has 0 N–H and O–H groups in total. The van der Waals surface area contributed by atoms with E-state index < -0.39 is 6.00 Å². The summed E-state index contributed by atoms with van der Waals surface area (Å²) in [5.74, 6) is 0. The van der Waals surface area contributed by atoms with Gasteiger partial charge in [0.15, 0.2) is 0 Å². The fourth-order valence-corrected chi connectivity index (χ4v) is 0.701. The quantitative estimate of drug-likeness (QED) is 0.361. The molecular formula is C4H5Cl3OSi. The van der Waals surface area contributed by atoms with Crippen LogP contribution in [-0.2, 0) is 4.74 Å². The Kier molecular flexibility index (Phi) is 4.51. The third kappa shape index (κ3) is 8.45. The lowest BCUT2D eigenvalue weighted by molar-refractivity contribution is 0.299. The number of hydrogen-bond acceptors (Lipinski definition) is 1. The van der Waals surface area contributed by atoms with Crippen LogP contribution in [0.1, 0.15) is 6.92 Å². The molecule has 0 spiro atoms. The number of ether oxygens (including phenoxy) is 1. The highest BCUT2D eigenvalue weighted by Crippen LogP contribution is 2.17. The predicted molar refractivity (Wildman–Crippen MR) is 42.7 cm³/mol. The van der Waals surface area contributed by atoms with E-state index in [1.807, 2.05) is 6.92 Å². The van der Waals surface area contributed by atoms with E-state index in [0.717, 1.165) is 0 Å². The van der Waals surface area contributed by atoms with Crippen LogP contribution in [0, 0.1) is 11.7 Å². The predicted octanol–water partition coefficient (Wildman–Crippen LogP) is 2.18. The van der Waals surface area contributed by atoms with Crippen molar-refractivity contribution in [3.8, 4) is 11.7 Å². The van der Waals surface area contributed by atoms with Gasteiger partial charge in [0.2, 0.25) is 0 Å². The van der Waals surface area contributed by atoms with Gasteiger partial charge in [-0.3, -0.25) is 0 Å². The first-order valence-corrected chi connectivity index (χ1v) is 7.30. The molecule has 0 bridgehead atoms. The Morgan fingerprint density at radius 3 is 2.33 bits per heavy atom. The molecule has 0 saturated carbocycles. The van der Waals surface area contributed by atoms with Gasteiger partial charge in [-0.2, -0.15) is 0 Å². The van der Waals surface area contributed by atoms with Crippen molar-refractivity contribution in [3.05, 3.63) is 0 Å². The van der Waals surface area contributed by atoms with E-state index in [1.54, 1.807) is 0 Å². The summed E-state index contributed by atoms with van der Waals surface area (Å²) >= 11 is 16.2. The molecule has 0 aliphatic carbocycles. The molecule has 0 fully saturated rings. The minimum atomic E-state index is -2.76. The van der Waals surface area contributed by atoms with Crippen molar-refractivity contribution in [3.63, 3.8) is 0 Å². The zero-order valence-electron chi connectivity index (χ0n) is 4.75. The Morgan fingerprint density at radius 2 is 2.00 bits per heavy atom. The van der Waals surface area contributed by atoms with Crippen molar-refractivity contribution in [2.45, 2.75) is 6.92 Å². The van der Waals surface area contributed by atoms with Crippen molar-refractivity contribution in [1.82, 2.24) is 0 Å². The van der Waals surface area contributed by atoms with Gasteiger partial charge in [0.1, 0.15) is 6.11 Å². The zero-order chi connectivity index (χ0) is 7.33. The first-order chi connectivity index (χ1) is 4.06. The van der Waals surface area contributed by atoms with Gasteiger partial charge in [-0.1, -0.05) is 0 Å². The molecule has 1 nitrogen and oxygen atoms in total. The molecule has 0 aromatic carbocycles. The lowest BCUT2D eigenvalue weighted by atomic mass is 10.9. The second kappa shape index (κ2) is 4.29. The molecular weight excluding hydrogens is 198 g/mol. The zero-order valence-corrected chi connectivity index (χ0v) is 8.02. The molecule has 0 saturated heterocycles. The monoisotopic (exact) mass is 202 g/mol. The van der Waals surface area contributed by atoms with Crippen LogP contribution in [0.5, 0.6) is 0 Å². The molecule has 0 aromatic rings. The van der Waals surface area contributed by atoms with Gasteiger partial charge in [-0.25, -0.2) is 0 Å². The van der Waals surface area contributed by atoms with Crippen LogP contribution < -0.4 is 0 Å². The van der Waals surface area contributed by atoms with Gasteiger partial charge < -0.3 is 4.74 Å². The van der Waals surface area contributed by atoms with Crippen molar-refractivity contribution in [1.29, 1.82) is 0 Å². The lowest BCUT2D eigenvalue weighted by Gasteiger charge is -1.92. The molecule has 0 rings (SSSR count). The highest BCUT2D eigenvalue weighted by atomic mass is 35.8. The highest BCUT2D eigenvalue weighted by molar-refractivity contribution is 7.67. The maximum Gasteiger partial charge on any atom is 0.425 e.